The summed E-state index contributed by atoms with van der Waals surface area (Å²) in [7, 11) is 1.38. The van der Waals surface area contributed by atoms with Gasteiger partial charge in [0.2, 0.25) is 0 Å². The Morgan fingerprint density at radius 1 is 1.33 bits per heavy atom. The van der Waals surface area contributed by atoms with Gasteiger partial charge in [-0.05, 0) is 31.5 Å². The predicted molar refractivity (Wildman–Crippen MR) is 57.0 cm³/mol. The van der Waals surface area contributed by atoms with Gasteiger partial charge in [0.25, 0.3) is 0 Å². The normalized spacial score (nSPS) is 10.6. The third kappa shape index (κ3) is 1.40. The molecule has 0 amide bonds. The minimum atomic E-state index is -0.329. The first-order chi connectivity index (χ1) is 7.15. The molecule has 1 aromatic carbocycles. The summed E-state index contributed by atoms with van der Waals surface area (Å²) in [5, 5.41) is 0.849. The first-order valence-electron chi connectivity index (χ1n) is 4.72. The van der Waals surface area contributed by atoms with Crippen LogP contribution in [0.5, 0.6) is 0 Å². The quantitative estimate of drug-likeness (QED) is 0.670. The average Bonchev–Trinajstić information content (AvgIpc) is 2.54. The van der Waals surface area contributed by atoms with Gasteiger partial charge in [-0.3, -0.25) is 0 Å². The van der Waals surface area contributed by atoms with Crippen molar-refractivity contribution in [3.05, 3.63) is 35.1 Å². The molecule has 15 heavy (non-hydrogen) atoms. The minimum Gasteiger partial charge on any atom is -0.465 e. The fourth-order valence-electron chi connectivity index (χ4n) is 1.70. The molecule has 0 atom stereocenters. The molecule has 78 valence electrons. The molecule has 0 fully saturated rings. The first kappa shape index (κ1) is 9.77. The zero-order valence-corrected chi connectivity index (χ0v) is 8.96. The molecule has 0 bridgehead atoms. The summed E-state index contributed by atoms with van der Waals surface area (Å²) in [6.45, 7) is 3.82. The fraction of sp³-hybridized carbons (Fsp3) is 0.250. The fourth-order valence-corrected chi connectivity index (χ4v) is 1.70. The molecule has 0 unspecified atom stereocenters. The molecular weight excluding hydrogens is 192 g/mol. The summed E-state index contributed by atoms with van der Waals surface area (Å²) in [6.07, 6.45) is 0. The van der Waals surface area contributed by atoms with E-state index in [1.807, 2.05) is 19.9 Å². The number of furan rings is 1. The van der Waals surface area contributed by atoms with Gasteiger partial charge >= 0.3 is 5.97 Å². The number of ether oxygens (including phenoxy) is 1. The van der Waals surface area contributed by atoms with E-state index in [2.05, 4.69) is 0 Å². The smallest absolute Gasteiger partial charge is 0.338 e. The monoisotopic (exact) mass is 204 g/mol. The Hall–Kier alpha value is -1.77. The molecule has 0 aliphatic carbocycles. The van der Waals surface area contributed by atoms with E-state index >= 15 is 0 Å². The van der Waals surface area contributed by atoms with Gasteiger partial charge in [0, 0.05) is 5.39 Å². The summed E-state index contributed by atoms with van der Waals surface area (Å²) >= 11 is 0. The maximum atomic E-state index is 11.5. The van der Waals surface area contributed by atoms with Gasteiger partial charge in [-0.2, -0.15) is 0 Å². The van der Waals surface area contributed by atoms with Crippen molar-refractivity contribution in [3.8, 4) is 0 Å². The molecule has 2 rings (SSSR count). The van der Waals surface area contributed by atoms with Crippen molar-refractivity contribution in [1.82, 2.24) is 0 Å². The highest BCUT2D eigenvalue weighted by atomic mass is 16.5. The van der Waals surface area contributed by atoms with Crippen molar-refractivity contribution in [3.63, 3.8) is 0 Å². The Morgan fingerprint density at radius 3 is 2.73 bits per heavy atom. The third-order valence-electron chi connectivity index (χ3n) is 2.60. The number of methoxy groups -OCH3 is 1. The molecule has 3 heteroatoms. The third-order valence-corrected chi connectivity index (χ3v) is 2.60. The Bertz CT molecular complexity index is 523. The van der Waals surface area contributed by atoms with Crippen LogP contribution in [0, 0.1) is 13.8 Å². The van der Waals surface area contributed by atoms with E-state index in [0.29, 0.717) is 5.56 Å². The van der Waals surface area contributed by atoms with Crippen LogP contribution >= 0.6 is 0 Å². The molecule has 0 aliphatic heterocycles. The van der Waals surface area contributed by atoms with Crippen LogP contribution in [-0.2, 0) is 4.74 Å². The second kappa shape index (κ2) is 3.42. The van der Waals surface area contributed by atoms with Gasteiger partial charge in [-0.25, -0.2) is 4.79 Å². The van der Waals surface area contributed by atoms with Crippen LogP contribution in [0.2, 0.25) is 0 Å². The number of hydrogen-bond donors (Lipinski definition) is 0. The van der Waals surface area contributed by atoms with Gasteiger partial charge in [0.15, 0.2) is 0 Å². The largest absolute Gasteiger partial charge is 0.465 e. The highest BCUT2D eigenvalue weighted by Crippen LogP contribution is 2.28. The zero-order chi connectivity index (χ0) is 11.0. The Morgan fingerprint density at radius 2 is 2.07 bits per heavy atom. The maximum absolute atomic E-state index is 11.5. The lowest BCUT2D eigenvalue weighted by atomic mass is 10.1. The van der Waals surface area contributed by atoms with E-state index in [0.717, 1.165) is 22.3 Å². The molecule has 0 aliphatic rings. The van der Waals surface area contributed by atoms with E-state index < -0.39 is 0 Å². The lowest BCUT2D eigenvalue weighted by molar-refractivity contribution is 0.0603. The van der Waals surface area contributed by atoms with Crippen LogP contribution in [0.15, 0.2) is 22.6 Å². The van der Waals surface area contributed by atoms with Gasteiger partial charge in [-0.15, -0.1) is 0 Å². The SMILES string of the molecule is COC(=O)c1cccc2oc(C)c(C)c12. The lowest BCUT2D eigenvalue weighted by Gasteiger charge is -2.00. The van der Waals surface area contributed by atoms with E-state index in [9.17, 15) is 4.79 Å². The second-order valence-electron chi connectivity index (χ2n) is 3.45. The van der Waals surface area contributed by atoms with Gasteiger partial charge in [0.1, 0.15) is 11.3 Å². The van der Waals surface area contributed by atoms with Crippen LogP contribution < -0.4 is 0 Å². The Labute approximate surface area is 87.6 Å². The van der Waals surface area contributed by atoms with E-state index in [-0.39, 0.29) is 5.97 Å². The first-order valence-corrected chi connectivity index (χ1v) is 4.72. The van der Waals surface area contributed by atoms with Crippen LogP contribution in [0.25, 0.3) is 11.0 Å². The summed E-state index contributed by atoms with van der Waals surface area (Å²) in [5.74, 6) is 0.505. The highest BCUT2D eigenvalue weighted by Gasteiger charge is 2.15. The number of benzene rings is 1. The van der Waals surface area contributed by atoms with E-state index in [4.69, 9.17) is 9.15 Å². The van der Waals surface area contributed by atoms with E-state index in [1.165, 1.54) is 7.11 Å². The standard InChI is InChI=1S/C12H12O3/c1-7-8(2)15-10-6-4-5-9(11(7)10)12(13)14-3/h4-6H,1-3H3. The van der Waals surface area contributed by atoms with E-state index in [1.54, 1.807) is 12.1 Å². The van der Waals surface area contributed by atoms with Crippen molar-refractivity contribution >= 4 is 16.9 Å². The van der Waals surface area contributed by atoms with Crippen molar-refractivity contribution in [2.45, 2.75) is 13.8 Å². The van der Waals surface area contributed by atoms with Gasteiger partial charge < -0.3 is 9.15 Å². The molecule has 0 saturated carbocycles. The summed E-state index contributed by atoms with van der Waals surface area (Å²) < 4.78 is 10.3. The number of fused-ring (bicyclic) bond motifs is 1. The molecule has 1 heterocycles. The molecular formula is C12H12O3. The van der Waals surface area contributed by atoms with Crippen molar-refractivity contribution in [2.75, 3.05) is 7.11 Å². The molecule has 0 spiro atoms. The highest BCUT2D eigenvalue weighted by molar-refractivity contribution is 6.04. The van der Waals surface area contributed by atoms with Crippen molar-refractivity contribution < 1.29 is 13.9 Å². The number of hydrogen-bond acceptors (Lipinski definition) is 3. The molecule has 3 nitrogen and oxygen atoms in total. The van der Waals surface area contributed by atoms with Crippen LogP contribution in [-0.4, -0.2) is 13.1 Å². The predicted octanol–water partition coefficient (Wildman–Crippen LogP) is 2.84. The molecule has 0 radical (unpaired) electrons. The number of esters is 1. The summed E-state index contributed by atoms with van der Waals surface area (Å²) in [4.78, 5) is 11.5. The Balaban J connectivity index is 2.80. The average molecular weight is 204 g/mol. The molecule has 2 aromatic rings. The zero-order valence-electron chi connectivity index (χ0n) is 8.96. The minimum absolute atomic E-state index is 0.329. The molecule has 1 aromatic heterocycles. The number of rotatable bonds is 1. The lowest BCUT2D eigenvalue weighted by Crippen LogP contribution is -2.01. The molecule has 0 N–H and O–H groups in total. The number of carbonyl (C=O) groups is 1. The van der Waals surface area contributed by atoms with Crippen molar-refractivity contribution in [1.29, 1.82) is 0 Å². The topological polar surface area (TPSA) is 39.4 Å². The van der Waals surface area contributed by atoms with Crippen LogP contribution in [0.4, 0.5) is 0 Å². The van der Waals surface area contributed by atoms with Crippen molar-refractivity contribution in [2.24, 2.45) is 0 Å². The number of aryl methyl sites for hydroxylation is 2. The summed E-state index contributed by atoms with van der Waals surface area (Å²) in [6, 6.07) is 5.38. The van der Waals surface area contributed by atoms with Crippen LogP contribution in [0.1, 0.15) is 21.7 Å². The maximum Gasteiger partial charge on any atom is 0.338 e. The second-order valence-corrected chi connectivity index (χ2v) is 3.45. The van der Waals surface area contributed by atoms with Gasteiger partial charge in [0.05, 0.1) is 12.7 Å². The van der Waals surface area contributed by atoms with Gasteiger partial charge in [-0.1, -0.05) is 6.07 Å². The Kier molecular flexibility index (Phi) is 2.23. The van der Waals surface area contributed by atoms with Crippen LogP contribution in [0.3, 0.4) is 0 Å². The summed E-state index contributed by atoms with van der Waals surface area (Å²) in [5.41, 5.74) is 2.28. The molecule has 0 saturated heterocycles. The number of carbonyl (C=O) groups excluding carboxylic acids is 1.